The third kappa shape index (κ3) is 2.34. The molecule has 22 heavy (non-hydrogen) atoms. The Bertz CT molecular complexity index is 863. The highest BCUT2D eigenvalue weighted by Gasteiger charge is 2.16. The van der Waals surface area contributed by atoms with E-state index in [0.717, 1.165) is 33.4 Å². The van der Waals surface area contributed by atoms with E-state index in [1.54, 1.807) is 18.6 Å². The molecule has 1 aliphatic heterocycles. The second-order valence-electron chi connectivity index (χ2n) is 5.10. The molecule has 0 unspecified atom stereocenters. The maximum Gasteiger partial charge on any atom is 0.139 e. The summed E-state index contributed by atoms with van der Waals surface area (Å²) in [5.41, 5.74) is 4.08. The first-order valence-electron chi connectivity index (χ1n) is 7.12. The van der Waals surface area contributed by atoms with Gasteiger partial charge in [-0.2, -0.15) is 0 Å². The minimum atomic E-state index is 0.414. The van der Waals surface area contributed by atoms with Crippen molar-refractivity contribution < 1.29 is 9.15 Å². The van der Waals surface area contributed by atoms with Gasteiger partial charge in [0.15, 0.2) is 0 Å². The summed E-state index contributed by atoms with van der Waals surface area (Å²) >= 11 is 0. The number of aliphatic imine (C=N–C) groups is 1. The van der Waals surface area contributed by atoms with Gasteiger partial charge in [0, 0.05) is 35.8 Å². The van der Waals surface area contributed by atoms with Crippen LogP contribution in [0.5, 0.6) is 0 Å². The predicted molar refractivity (Wildman–Crippen MR) is 85.6 cm³/mol. The molecule has 0 saturated carbocycles. The van der Waals surface area contributed by atoms with Crippen LogP contribution < -0.4 is 0 Å². The number of hydrogen-bond acceptors (Lipinski definition) is 4. The molecule has 0 fully saturated rings. The molecule has 0 atom stereocenters. The van der Waals surface area contributed by atoms with E-state index < -0.39 is 0 Å². The second kappa shape index (κ2) is 5.58. The second-order valence-corrected chi connectivity index (χ2v) is 5.10. The lowest BCUT2D eigenvalue weighted by Crippen LogP contribution is -1.96. The van der Waals surface area contributed by atoms with Gasteiger partial charge in [-0.3, -0.25) is 9.98 Å². The SMILES string of the molecule is C1=Cc2cccc3oc(COCc4ccncc4)c(c23)C=N1. The van der Waals surface area contributed by atoms with Crippen molar-refractivity contribution in [2.45, 2.75) is 13.2 Å². The molecule has 0 radical (unpaired) electrons. The van der Waals surface area contributed by atoms with Gasteiger partial charge in [0.1, 0.15) is 18.0 Å². The molecule has 0 bridgehead atoms. The molecule has 1 aromatic carbocycles. The molecule has 0 N–H and O–H groups in total. The normalized spacial score (nSPS) is 12.7. The zero-order chi connectivity index (χ0) is 14.8. The molecule has 4 nitrogen and oxygen atoms in total. The number of aromatic nitrogens is 1. The van der Waals surface area contributed by atoms with Gasteiger partial charge in [-0.1, -0.05) is 12.1 Å². The zero-order valence-corrected chi connectivity index (χ0v) is 11.9. The van der Waals surface area contributed by atoms with Crippen molar-refractivity contribution in [2.24, 2.45) is 4.99 Å². The first-order valence-corrected chi connectivity index (χ1v) is 7.12. The topological polar surface area (TPSA) is 47.6 Å². The highest BCUT2D eigenvalue weighted by molar-refractivity contribution is 6.04. The number of pyridine rings is 1. The fourth-order valence-electron chi connectivity index (χ4n) is 2.61. The van der Waals surface area contributed by atoms with Crippen molar-refractivity contribution in [3.8, 4) is 0 Å². The van der Waals surface area contributed by atoms with E-state index in [-0.39, 0.29) is 0 Å². The Hall–Kier alpha value is -2.72. The van der Waals surface area contributed by atoms with Crippen molar-refractivity contribution in [1.29, 1.82) is 0 Å². The standard InChI is InChI=1S/C18H14N2O2/c1-2-14-6-9-20-10-15-17(22-16(3-1)18(14)15)12-21-11-13-4-7-19-8-5-13/h1-10H,11-12H2. The summed E-state index contributed by atoms with van der Waals surface area (Å²) in [6.07, 6.45) is 9.16. The Morgan fingerprint density at radius 3 is 2.86 bits per heavy atom. The van der Waals surface area contributed by atoms with E-state index in [0.29, 0.717) is 13.2 Å². The highest BCUT2D eigenvalue weighted by Crippen LogP contribution is 2.30. The van der Waals surface area contributed by atoms with Crippen LogP contribution in [-0.4, -0.2) is 11.2 Å². The minimum Gasteiger partial charge on any atom is -0.458 e. The van der Waals surface area contributed by atoms with Gasteiger partial charge in [0.05, 0.1) is 6.61 Å². The van der Waals surface area contributed by atoms with Crippen molar-refractivity contribution in [3.05, 3.63) is 71.4 Å². The first-order chi connectivity index (χ1) is 10.9. The number of nitrogens with zero attached hydrogens (tertiary/aromatic N) is 2. The van der Waals surface area contributed by atoms with Crippen LogP contribution in [0.1, 0.15) is 22.5 Å². The molecule has 0 amide bonds. The summed E-state index contributed by atoms with van der Waals surface area (Å²) in [6, 6.07) is 9.91. The maximum absolute atomic E-state index is 5.94. The van der Waals surface area contributed by atoms with Gasteiger partial charge < -0.3 is 9.15 Å². The molecule has 1 aliphatic rings. The van der Waals surface area contributed by atoms with Crippen molar-refractivity contribution >= 4 is 23.3 Å². The lowest BCUT2D eigenvalue weighted by molar-refractivity contribution is 0.0939. The summed E-state index contributed by atoms with van der Waals surface area (Å²) in [4.78, 5) is 8.28. The Kier molecular flexibility index (Phi) is 3.29. The minimum absolute atomic E-state index is 0.414. The van der Waals surface area contributed by atoms with Crippen LogP contribution in [0.2, 0.25) is 0 Å². The molecular formula is C18H14N2O2. The fourth-order valence-corrected chi connectivity index (χ4v) is 2.61. The number of benzene rings is 1. The van der Waals surface area contributed by atoms with Gasteiger partial charge >= 0.3 is 0 Å². The van der Waals surface area contributed by atoms with E-state index >= 15 is 0 Å². The Morgan fingerprint density at radius 2 is 1.95 bits per heavy atom. The molecule has 4 rings (SSSR count). The van der Waals surface area contributed by atoms with Crippen molar-refractivity contribution in [1.82, 2.24) is 4.98 Å². The molecule has 0 aliphatic carbocycles. The maximum atomic E-state index is 5.94. The molecule has 3 heterocycles. The lowest BCUT2D eigenvalue weighted by atomic mass is 10.1. The first kappa shape index (κ1) is 13.0. The van der Waals surface area contributed by atoms with E-state index in [9.17, 15) is 0 Å². The molecule has 3 aromatic rings. The van der Waals surface area contributed by atoms with Gasteiger partial charge in [-0.05, 0) is 35.4 Å². The quantitative estimate of drug-likeness (QED) is 0.731. The van der Waals surface area contributed by atoms with Crippen LogP contribution in [-0.2, 0) is 18.0 Å². The van der Waals surface area contributed by atoms with E-state index in [1.165, 1.54) is 0 Å². The average molecular weight is 290 g/mol. The summed E-state index contributed by atoms with van der Waals surface area (Å²) in [7, 11) is 0. The molecular weight excluding hydrogens is 276 g/mol. The van der Waals surface area contributed by atoms with E-state index in [1.807, 2.05) is 36.6 Å². The van der Waals surface area contributed by atoms with Gasteiger partial charge in [0.25, 0.3) is 0 Å². The van der Waals surface area contributed by atoms with Gasteiger partial charge in [0.2, 0.25) is 0 Å². The molecule has 0 saturated heterocycles. The van der Waals surface area contributed by atoms with Crippen molar-refractivity contribution in [2.75, 3.05) is 0 Å². The third-order valence-electron chi connectivity index (χ3n) is 3.66. The molecule has 2 aromatic heterocycles. The number of hydrogen-bond donors (Lipinski definition) is 0. The van der Waals surface area contributed by atoms with Crippen LogP contribution in [0.3, 0.4) is 0 Å². The van der Waals surface area contributed by atoms with E-state index in [2.05, 4.69) is 16.0 Å². The number of ether oxygens (including phenoxy) is 1. The lowest BCUT2D eigenvalue weighted by Gasteiger charge is -2.03. The average Bonchev–Trinajstić information content (AvgIpc) is 2.76. The van der Waals surface area contributed by atoms with Crippen LogP contribution >= 0.6 is 0 Å². The van der Waals surface area contributed by atoms with Crippen LogP contribution in [0.4, 0.5) is 0 Å². The highest BCUT2D eigenvalue weighted by atomic mass is 16.5. The largest absolute Gasteiger partial charge is 0.458 e. The number of rotatable bonds is 4. The van der Waals surface area contributed by atoms with Crippen LogP contribution in [0.15, 0.2) is 58.3 Å². The third-order valence-corrected chi connectivity index (χ3v) is 3.66. The zero-order valence-electron chi connectivity index (χ0n) is 11.9. The summed E-state index contributed by atoms with van der Waals surface area (Å²) in [6.45, 7) is 0.944. The molecule has 4 heteroatoms. The van der Waals surface area contributed by atoms with Gasteiger partial charge in [-0.25, -0.2) is 0 Å². The number of furan rings is 1. The Balaban J connectivity index is 1.61. The summed E-state index contributed by atoms with van der Waals surface area (Å²) in [5, 5.41) is 1.10. The van der Waals surface area contributed by atoms with Crippen LogP contribution in [0.25, 0.3) is 17.0 Å². The van der Waals surface area contributed by atoms with Crippen LogP contribution in [0, 0.1) is 0 Å². The summed E-state index contributed by atoms with van der Waals surface area (Å²) in [5.74, 6) is 0.809. The molecule has 108 valence electrons. The Labute approximate surface area is 127 Å². The molecule has 0 spiro atoms. The van der Waals surface area contributed by atoms with Crippen molar-refractivity contribution in [3.63, 3.8) is 0 Å². The fraction of sp³-hybridized carbons (Fsp3) is 0.111. The van der Waals surface area contributed by atoms with Gasteiger partial charge in [-0.15, -0.1) is 0 Å². The summed E-state index contributed by atoms with van der Waals surface area (Å²) < 4.78 is 11.7. The smallest absolute Gasteiger partial charge is 0.139 e. The monoisotopic (exact) mass is 290 g/mol. The van der Waals surface area contributed by atoms with E-state index in [4.69, 9.17) is 9.15 Å². The Morgan fingerprint density at radius 1 is 1.05 bits per heavy atom. The predicted octanol–water partition coefficient (Wildman–Crippen LogP) is 3.95.